The predicted molar refractivity (Wildman–Crippen MR) is 141 cm³/mol. The molecule has 0 atom stereocenters. The number of benzene rings is 2. The van der Waals surface area contributed by atoms with Crippen LogP contribution in [0.1, 0.15) is 29.9 Å². The summed E-state index contributed by atoms with van der Waals surface area (Å²) in [6, 6.07) is 16.9. The molecule has 1 aromatic heterocycles. The van der Waals surface area contributed by atoms with Gasteiger partial charge in [0, 0.05) is 44.8 Å². The average molecular weight is 512 g/mol. The van der Waals surface area contributed by atoms with E-state index in [-0.39, 0.29) is 30.4 Å². The summed E-state index contributed by atoms with van der Waals surface area (Å²) in [7, 11) is -3.52. The van der Waals surface area contributed by atoms with Crippen molar-refractivity contribution in [3.05, 3.63) is 76.3 Å². The standard InChI is InChI=1S/C26H33N5O4S/c1-19(2)36(34,35)28-15-18-30-24(25(32)29-16-13-27-14-17-29)23(21-10-5-4-6-11-21)31(26(30)33)22-12-8-7-9-20(22)3/h4-12,19,27-28H,13-18H2,1-3H3. The number of sulfonamides is 1. The number of carbonyl (C=O) groups excluding carboxylic acids is 1. The summed E-state index contributed by atoms with van der Waals surface area (Å²) in [6.45, 7) is 7.51. The minimum atomic E-state index is -3.52. The molecule has 2 aromatic carbocycles. The second-order valence-corrected chi connectivity index (χ2v) is 11.5. The van der Waals surface area contributed by atoms with Gasteiger partial charge in [0.1, 0.15) is 5.69 Å². The number of imidazole rings is 1. The van der Waals surface area contributed by atoms with Crippen LogP contribution in [-0.4, -0.2) is 66.3 Å². The summed E-state index contributed by atoms with van der Waals surface area (Å²) in [5.74, 6) is -0.244. The van der Waals surface area contributed by atoms with Gasteiger partial charge in [0.2, 0.25) is 10.0 Å². The summed E-state index contributed by atoms with van der Waals surface area (Å²) < 4.78 is 30.3. The molecule has 4 rings (SSSR count). The van der Waals surface area contributed by atoms with Crippen LogP contribution in [0, 0.1) is 6.92 Å². The second kappa shape index (κ2) is 10.8. The summed E-state index contributed by atoms with van der Waals surface area (Å²) in [5.41, 5.74) is 2.68. The normalized spacial score (nSPS) is 14.4. The Kier molecular flexibility index (Phi) is 7.77. The Morgan fingerprint density at radius 3 is 2.31 bits per heavy atom. The van der Waals surface area contributed by atoms with Gasteiger partial charge in [-0.25, -0.2) is 17.9 Å². The molecular formula is C26H33N5O4S. The van der Waals surface area contributed by atoms with Crippen LogP contribution in [-0.2, 0) is 16.6 Å². The molecule has 0 spiro atoms. The van der Waals surface area contributed by atoms with Crippen molar-refractivity contribution in [2.45, 2.75) is 32.6 Å². The molecule has 3 aromatic rings. The van der Waals surface area contributed by atoms with Gasteiger partial charge in [-0.1, -0.05) is 48.5 Å². The third-order valence-corrected chi connectivity index (χ3v) is 8.26. The first kappa shape index (κ1) is 25.9. The smallest absolute Gasteiger partial charge is 0.333 e. The molecular weight excluding hydrogens is 478 g/mol. The van der Waals surface area contributed by atoms with E-state index in [4.69, 9.17) is 0 Å². The van der Waals surface area contributed by atoms with E-state index in [0.717, 1.165) is 11.1 Å². The first-order chi connectivity index (χ1) is 17.2. The first-order valence-electron chi connectivity index (χ1n) is 12.2. The van der Waals surface area contributed by atoms with Crippen molar-refractivity contribution in [3.63, 3.8) is 0 Å². The fourth-order valence-corrected chi connectivity index (χ4v) is 5.06. The number of hydrogen-bond donors (Lipinski definition) is 2. The molecule has 0 unspecified atom stereocenters. The number of piperazine rings is 1. The van der Waals surface area contributed by atoms with Gasteiger partial charge in [0.25, 0.3) is 5.91 Å². The van der Waals surface area contributed by atoms with Crippen molar-refractivity contribution < 1.29 is 13.2 Å². The minimum absolute atomic E-state index is 0.00568. The van der Waals surface area contributed by atoms with Crippen LogP contribution in [0.15, 0.2) is 59.4 Å². The number of nitrogens with zero attached hydrogens (tertiary/aromatic N) is 3. The SMILES string of the molecule is Cc1ccccc1-n1c(-c2ccccc2)c(C(=O)N2CCNCC2)n(CCNS(=O)(=O)C(C)C)c1=O. The van der Waals surface area contributed by atoms with Gasteiger partial charge in [-0.2, -0.15) is 0 Å². The fraction of sp³-hybridized carbons (Fsp3) is 0.385. The third-order valence-electron chi connectivity index (χ3n) is 6.41. The molecule has 0 radical (unpaired) electrons. The van der Waals surface area contributed by atoms with E-state index in [1.807, 2.05) is 61.5 Å². The molecule has 0 saturated carbocycles. The van der Waals surface area contributed by atoms with E-state index < -0.39 is 15.3 Å². The van der Waals surface area contributed by atoms with Gasteiger partial charge in [0.05, 0.1) is 16.6 Å². The summed E-state index contributed by atoms with van der Waals surface area (Å²) in [4.78, 5) is 29.7. The fourth-order valence-electron chi connectivity index (χ4n) is 4.35. The number of para-hydroxylation sites is 1. The summed E-state index contributed by atoms with van der Waals surface area (Å²) >= 11 is 0. The lowest BCUT2D eigenvalue weighted by atomic mass is 10.1. The molecule has 192 valence electrons. The van der Waals surface area contributed by atoms with E-state index in [9.17, 15) is 18.0 Å². The van der Waals surface area contributed by atoms with Crippen LogP contribution >= 0.6 is 0 Å². The van der Waals surface area contributed by atoms with Crippen molar-refractivity contribution in [2.24, 2.45) is 0 Å². The maximum absolute atomic E-state index is 14.0. The molecule has 1 fully saturated rings. The van der Waals surface area contributed by atoms with Crippen LogP contribution in [0.4, 0.5) is 0 Å². The van der Waals surface area contributed by atoms with E-state index in [1.165, 1.54) is 4.57 Å². The van der Waals surface area contributed by atoms with Crippen molar-refractivity contribution >= 4 is 15.9 Å². The highest BCUT2D eigenvalue weighted by Gasteiger charge is 2.31. The number of carbonyl (C=O) groups is 1. The maximum Gasteiger partial charge on any atom is 0.333 e. The van der Waals surface area contributed by atoms with Crippen molar-refractivity contribution in [2.75, 3.05) is 32.7 Å². The number of aromatic nitrogens is 2. The molecule has 1 aliphatic rings. The molecule has 0 aliphatic carbocycles. The lowest BCUT2D eigenvalue weighted by Gasteiger charge is -2.28. The highest BCUT2D eigenvalue weighted by molar-refractivity contribution is 7.90. The Morgan fingerprint density at radius 2 is 1.67 bits per heavy atom. The van der Waals surface area contributed by atoms with Crippen LogP contribution < -0.4 is 15.7 Å². The lowest BCUT2D eigenvalue weighted by molar-refractivity contribution is 0.0725. The maximum atomic E-state index is 14.0. The zero-order chi connectivity index (χ0) is 25.9. The van der Waals surface area contributed by atoms with E-state index in [2.05, 4.69) is 10.0 Å². The third kappa shape index (κ3) is 5.16. The number of amides is 1. The number of aryl methyl sites for hydroxylation is 1. The number of nitrogens with one attached hydrogen (secondary N) is 2. The van der Waals surface area contributed by atoms with Gasteiger partial charge >= 0.3 is 5.69 Å². The molecule has 0 bridgehead atoms. The lowest BCUT2D eigenvalue weighted by Crippen LogP contribution is -2.47. The highest BCUT2D eigenvalue weighted by atomic mass is 32.2. The molecule has 2 N–H and O–H groups in total. The van der Waals surface area contributed by atoms with Crippen molar-refractivity contribution in [3.8, 4) is 16.9 Å². The summed E-state index contributed by atoms with van der Waals surface area (Å²) in [6.07, 6.45) is 0. The van der Waals surface area contributed by atoms with Crippen LogP contribution in [0.3, 0.4) is 0 Å². The number of rotatable bonds is 8. The van der Waals surface area contributed by atoms with Gasteiger partial charge in [-0.05, 0) is 32.4 Å². The average Bonchev–Trinajstić information content (AvgIpc) is 3.16. The zero-order valence-electron chi connectivity index (χ0n) is 20.9. The number of hydrogen-bond acceptors (Lipinski definition) is 5. The molecule has 1 aliphatic heterocycles. The molecule has 10 heteroatoms. The topological polar surface area (TPSA) is 105 Å². The molecule has 36 heavy (non-hydrogen) atoms. The zero-order valence-corrected chi connectivity index (χ0v) is 21.7. The van der Waals surface area contributed by atoms with Crippen molar-refractivity contribution in [1.29, 1.82) is 0 Å². The van der Waals surface area contributed by atoms with Crippen LogP contribution in [0.2, 0.25) is 0 Å². The Morgan fingerprint density at radius 1 is 1.03 bits per heavy atom. The summed E-state index contributed by atoms with van der Waals surface area (Å²) in [5, 5.41) is 2.64. The van der Waals surface area contributed by atoms with Gasteiger partial charge in [-0.15, -0.1) is 0 Å². The monoisotopic (exact) mass is 511 g/mol. The largest absolute Gasteiger partial charge is 0.335 e. The molecule has 1 saturated heterocycles. The van der Waals surface area contributed by atoms with Crippen LogP contribution in [0.25, 0.3) is 16.9 Å². The van der Waals surface area contributed by atoms with Gasteiger partial charge in [-0.3, -0.25) is 13.9 Å². The minimum Gasteiger partial charge on any atom is -0.335 e. The first-order valence-corrected chi connectivity index (χ1v) is 13.7. The second-order valence-electron chi connectivity index (χ2n) is 9.15. The van der Waals surface area contributed by atoms with E-state index in [1.54, 1.807) is 23.3 Å². The van der Waals surface area contributed by atoms with Crippen LogP contribution in [0.5, 0.6) is 0 Å². The van der Waals surface area contributed by atoms with E-state index in [0.29, 0.717) is 37.6 Å². The van der Waals surface area contributed by atoms with Gasteiger partial charge in [0.15, 0.2) is 0 Å². The molecule has 9 nitrogen and oxygen atoms in total. The Labute approximate surface area is 211 Å². The van der Waals surface area contributed by atoms with Gasteiger partial charge < -0.3 is 10.2 Å². The Balaban J connectivity index is 1.93. The predicted octanol–water partition coefficient (Wildman–Crippen LogP) is 1.99. The van der Waals surface area contributed by atoms with E-state index >= 15 is 0 Å². The van der Waals surface area contributed by atoms with Crippen molar-refractivity contribution in [1.82, 2.24) is 24.1 Å². The Hall–Kier alpha value is -3.21. The molecule has 2 heterocycles. The Bertz CT molecular complexity index is 1390. The molecule has 1 amide bonds. The quantitative estimate of drug-likeness (QED) is 0.481. The highest BCUT2D eigenvalue weighted by Crippen LogP contribution is 2.28.